The summed E-state index contributed by atoms with van der Waals surface area (Å²) in [5.74, 6) is -0.745. The average Bonchev–Trinajstić information content (AvgIpc) is 3.26. The lowest BCUT2D eigenvalue weighted by molar-refractivity contribution is -0.138. The Bertz CT molecular complexity index is 1300. The van der Waals surface area contributed by atoms with Crippen molar-refractivity contribution >= 4 is 5.91 Å². The van der Waals surface area contributed by atoms with Gasteiger partial charge in [-0.1, -0.05) is 6.07 Å². The number of carbonyl (C=O) groups is 1. The quantitative estimate of drug-likeness (QED) is 0.353. The fourth-order valence-corrected chi connectivity index (χ4v) is 4.75. The van der Waals surface area contributed by atoms with Crippen LogP contribution in [0.15, 0.2) is 48.8 Å². The maximum absolute atomic E-state index is 13.7. The third-order valence-corrected chi connectivity index (χ3v) is 6.63. The number of amides is 1. The van der Waals surface area contributed by atoms with Gasteiger partial charge in [0.1, 0.15) is 42.8 Å². The van der Waals surface area contributed by atoms with E-state index < -0.39 is 17.2 Å². The molecule has 1 saturated heterocycles. The number of halogens is 2. The van der Waals surface area contributed by atoms with Gasteiger partial charge >= 0.3 is 0 Å². The minimum atomic E-state index is -1.53. The van der Waals surface area contributed by atoms with Crippen LogP contribution in [0, 0.1) is 18.6 Å². The van der Waals surface area contributed by atoms with Crippen molar-refractivity contribution in [3.8, 4) is 17.2 Å². The molecule has 10 nitrogen and oxygen atoms in total. The Balaban J connectivity index is 1.47. The van der Waals surface area contributed by atoms with E-state index in [1.54, 1.807) is 18.0 Å². The first-order valence-corrected chi connectivity index (χ1v) is 13.3. The van der Waals surface area contributed by atoms with E-state index in [9.17, 15) is 18.7 Å². The van der Waals surface area contributed by atoms with Crippen LogP contribution in [0.5, 0.6) is 17.2 Å². The fraction of sp³-hybridized carbons (Fsp3) is 0.448. The molecule has 1 aliphatic heterocycles. The first kappa shape index (κ1) is 30.2. The first-order chi connectivity index (χ1) is 19.7. The van der Waals surface area contributed by atoms with Crippen LogP contribution in [0.3, 0.4) is 0 Å². The number of hydrogen-bond donors (Lipinski definition) is 1. The zero-order valence-electron chi connectivity index (χ0n) is 23.5. The lowest BCUT2D eigenvalue weighted by Gasteiger charge is -2.33. The highest BCUT2D eigenvalue weighted by molar-refractivity contribution is 5.77. The van der Waals surface area contributed by atoms with Crippen molar-refractivity contribution < 1.29 is 37.6 Å². The zero-order valence-corrected chi connectivity index (χ0v) is 23.5. The van der Waals surface area contributed by atoms with Crippen LogP contribution < -0.4 is 14.2 Å². The second kappa shape index (κ2) is 13.7. The Labute approximate surface area is 238 Å². The first-order valence-electron chi connectivity index (χ1n) is 13.3. The topological polar surface area (TPSA) is 98.5 Å². The summed E-state index contributed by atoms with van der Waals surface area (Å²) in [7, 11) is 3.00. The minimum absolute atomic E-state index is 0.0344. The van der Waals surface area contributed by atoms with E-state index in [4.69, 9.17) is 18.9 Å². The van der Waals surface area contributed by atoms with Gasteiger partial charge in [0, 0.05) is 57.7 Å². The molecule has 1 aromatic heterocycles. The maximum Gasteiger partial charge on any atom is 0.248 e. The smallest absolute Gasteiger partial charge is 0.248 e. The number of aromatic nitrogens is 2. The molecule has 1 amide bonds. The molecule has 2 aromatic carbocycles. The molecule has 3 aromatic rings. The number of methoxy groups -OCH3 is 2. The van der Waals surface area contributed by atoms with Crippen molar-refractivity contribution in [3.05, 3.63) is 71.6 Å². The molecule has 12 heteroatoms. The molecule has 41 heavy (non-hydrogen) atoms. The third kappa shape index (κ3) is 8.62. The van der Waals surface area contributed by atoms with Crippen LogP contribution >= 0.6 is 0 Å². The molecule has 1 atom stereocenters. The largest absolute Gasteiger partial charge is 0.493 e. The van der Waals surface area contributed by atoms with Crippen LogP contribution in [0.4, 0.5) is 8.78 Å². The summed E-state index contributed by atoms with van der Waals surface area (Å²) >= 11 is 0. The van der Waals surface area contributed by atoms with Crippen molar-refractivity contribution in [1.29, 1.82) is 0 Å². The molecule has 1 fully saturated rings. The highest BCUT2D eigenvalue weighted by Gasteiger charge is 2.37. The fourth-order valence-electron chi connectivity index (χ4n) is 4.75. The van der Waals surface area contributed by atoms with E-state index in [-0.39, 0.29) is 38.0 Å². The van der Waals surface area contributed by atoms with Gasteiger partial charge in [0.2, 0.25) is 5.91 Å². The monoisotopic (exact) mass is 574 g/mol. The molecule has 0 unspecified atom stereocenters. The van der Waals surface area contributed by atoms with Gasteiger partial charge in [-0.15, -0.1) is 0 Å². The van der Waals surface area contributed by atoms with E-state index in [0.717, 1.165) is 29.3 Å². The average molecular weight is 575 g/mol. The number of hydrogen-bond acceptors (Lipinski definition) is 8. The number of carbonyl (C=O) groups excluding carboxylic acids is 1. The molecule has 1 aliphatic rings. The van der Waals surface area contributed by atoms with Crippen LogP contribution in [0.1, 0.15) is 11.1 Å². The number of ether oxygens (including phenoxy) is 4. The predicted molar refractivity (Wildman–Crippen MR) is 146 cm³/mol. The van der Waals surface area contributed by atoms with E-state index in [2.05, 4.69) is 5.10 Å². The molecule has 1 N–H and O–H groups in total. The van der Waals surface area contributed by atoms with E-state index >= 15 is 0 Å². The van der Waals surface area contributed by atoms with Crippen LogP contribution in [0.2, 0.25) is 0 Å². The zero-order chi connectivity index (χ0) is 29.4. The Morgan fingerprint density at radius 1 is 1.05 bits per heavy atom. The maximum atomic E-state index is 13.7. The van der Waals surface area contributed by atoms with Crippen molar-refractivity contribution in [2.75, 3.05) is 60.2 Å². The Kier molecular flexibility index (Phi) is 10.1. The molecule has 0 saturated carbocycles. The van der Waals surface area contributed by atoms with Crippen molar-refractivity contribution in [2.45, 2.75) is 25.6 Å². The summed E-state index contributed by atoms with van der Waals surface area (Å²) in [4.78, 5) is 16.2. The van der Waals surface area contributed by atoms with E-state index in [0.29, 0.717) is 44.3 Å². The van der Waals surface area contributed by atoms with Gasteiger partial charge in [-0.2, -0.15) is 5.10 Å². The second-order valence-corrected chi connectivity index (χ2v) is 10.2. The minimum Gasteiger partial charge on any atom is -0.493 e. The molecule has 0 aliphatic carbocycles. The lowest BCUT2D eigenvalue weighted by Crippen LogP contribution is -2.52. The molecular formula is C29H36F2N4O6. The molecule has 0 bridgehead atoms. The summed E-state index contributed by atoms with van der Waals surface area (Å²) in [6.45, 7) is 3.87. The van der Waals surface area contributed by atoms with Crippen molar-refractivity contribution in [3.63, 3.8) is 0 Å². The van der Waals surface area contributed by atoms with Gasteiger partial charge < -0.3 is 29.0 Å². The van der Waals surface area contributed by atoms with Crippen LogP contribution in [-0.2, 0) is 22.6 Å². The highest BCUT2D eigenvalue weighted by Crippen LogP contribution is 2.29. The molecule has 4 rings (SSSR count). The number of β-amino-alcohol motifs (C(OH)–C–C–N with tert-alkyl or cyclic N) is 1. The van der Waals surface area contributed by atoms with Gasteiger partial charge in [0.15, 0.2) is 11.5 Å². The van der Waals surface area contributed by atoms with Crippen molar-refractivity contribution in [1.82, 2.24) is 19.6 Å². The Morgan fingerprint density at radius 3 is 2.51 bits per heavy atom. The number of aryl methyl sites for hydroxylation is 1. The van der Waals surface area contributed by atoms with Gasteiger partial charge in [0.05, 0.1) is 26.4 Å². The normalized spacial score (nSPS) is 17.8. The predicted octanol–water partition coefficient (Wildman–Crippen LogP) is 2.66. The van der Waals surface area contributed by atoms with Gasteiger partial charge in [-0.25, -0.2) is 8.78 Å². The molecule has 2 heterocycles. The third-order valence-electron chi connectivity index (χ3n) is 6.63. The summed E-state index contributed by atoms with van der Waals surface area (Å²) < 4.78 is 51.3. The highest BCUT2D eigenvalue weighted by atomic mass is 19.1. The lowest BCUT2D eigenvalue weighted by atomic mass is 10.0. The van der Waals surface area contributed by atoms with Gasteiger partial charge in [-0.3, -0.25) is 14.4 Å². The van der Waals surface area contributed by atoms with Crippen LogP contribution in [-0.4, -0.2) is 96.4 Å². The summed E-state index contributed by atoms with van der Waals surface area (Å²) in [6.07, 6.45) is 3.72. The second-order valence-electron chi connectivity index (χ2n) is 10.2. The van der Waals surface area contributed by atoms with Crippen LogP contribution in [0.25, 0.3) is 0 Å². The molecule has 0 radical (unpaired) electrons. The number of aliphatic hydroxyl groups is 1. The number of nitrogens with zero attached hydrogens (tertiary/aromatic N) is 4. The molecule has 0 spiro atoms. The SMILES string of the molecule is COCC(=O)N1CCN(Cc2ccc(OC)c(OCCn3cc(C)cn3)c2)C[C@](O)(COc2cc(F)cc(F)c2)C1. The van der Waals surface area contributed by atoms with Crippen molar-refractivity contribution in [2.24, 2.45) is 0 Å². The molecule has 222 valence electrons. The molecular weight excluding hydrogens is 538 g/mol. The summed E-state index contributed by atoms with van der Waals surface area (Å²) in [5, 5.41) is 15.9. The van der Waals surface area contributed by atoms with E-state index in [1.807, 2.05) is 36.2 Å². The Hall–Kier alpha value is -3.74. The number of benzene rings is 2. The number of rotatable bonds is 12. The van der Waals surface area contributed by atoms with Gasteiger partial charge in [-0.05, 0) is 30.2 Å². The summed E-state index contributed by atoms with van der Waals surface area (Å²) in [6, 6.07) is 8.44. The Morgan fingerprint density at radius 2 is 1.83 bits per heavy atom. The van der Waals surface area contributed by atoms with E-state index in [1.165, 1.54) is 12.0 Å². The van der Waals surface area contributed by atoms with Gasteiger partial charge in [0.25, 0.3) is 0 Å². The standard InChI is InChI=1S/C29H36F2N4O6/c1-21-14-32-35(15-21)8-9-40-27-10-22(4-5-26(27)39-3)16-33-6-7-34(28(36)17-38-2)19-29(37,18-33)20-41-25-12-23(30)11-24(31)13-25/h4-5,10-15,37H,6-9,16-20H2,1-3H3/t29-/m1/s1. The summed E-state index contributed by atoms with van der Waals surface area (Å²) in [5.41, 5.74) is 0.442.